The van der Waals surface area contributed by atoms with Crippen molar-refractivity contribution >= 4 is 11.9 Å². The summed E-state index contributed by atoms with van der Waals surface area (Å²) in [5, 5.41) is 0. The van der Waals surface area contributed by atoms with Gasteiger partial charge in [-0.05, 0) is 32.5 Å². The van der Waals surface area contributed by atoms with Gasteiger partial charge in [0, 0.05) is 13.1 Å². The van der Waals surface area contributed by atoms with Gasteiger partial charge in [0.2, 0.25) is 0 Å². The van der Waals surface area contributed by atoms with Gasteiger partial charge in [0.1, 0.15) is 0 Å². The van der Waals surface area contributed by atoms with Crippen LogP contribution in [0.15, 0.2) is 0 Å². The molecule has 0 aromatic carbocycles. The Kier molecular flexibility index (Phi) is 9.87. The van der Waals surface area contributed by atoms with Crippen LogP contribution >= 0.6 is 0 Å². The zero-order chi connectivity index (χ0) is 18.0. The molecule has 1 amide bonds. The molecule has 0 aromatic rings. The van der Waals surface area contributed by atoms with Gasteiger partial charge in [-0.3, -0.25) is 9.59 Å². The normalized spacial score (nSPS) is 13.0. The number of halogens is 3. The molecule has 1 unspecified atom stereocenters. The van der Waals surface area contributed by atoms with Crippen molar-refractivity contribution in [2.24, 2.45) is 5.92 Å². The third-order valence-corrected chi connectivity index (χ3v) is 3.67. The molecule has 5 nitrogen and oxygen atoms in total. The van der Waals surface area contributed by atoms with Gasteiger partial charge in [0.05, 0.1) is 13.0 Å². The standard InChI is InChI=1S/C15H27F3N2O3/c1-5-19(6-2)9-7-8-10-20(14(22)15(16,17)18)11-12(3)13(21)23-4/h12H,5-11H2,1-4H3. The summed E-state index contributed by atoms with van der Waals surface area (Å²) in [4.78, 5) is 25.7. The quantitative estimate of drug-likeness (QED) is 0.452. The van der Waals surface area contributed by atoms with E-state index in [0.717, 1.165) is 19.6 Å². The molecule has 0 aliphatic carbocycles. The number of methoxy groups -OCH3 is 1. The van der Waals surface area contributed by atoms with Crippen molar-refractivity contribution in [2.45, 2.75) is 39.8 Å². The van der Waals surface area contributed by atoms with Crippen LogP contribution in [0.1, 0.15) is 33.6 Å². The Morgan fingerprint density at radius 3 is 2.04 bits per heavy atom. The second kappa shape index (κ2) is 10.5. The van der Waals surface area contributed by atoms with E-state index in [-0.39, 0.29) is 13.1 Å². The molecule has 0 aromatic heterocycles. The Bertz CT molecular complexity index is 371. The van der Waals surface area contributed by atoms with Crippen molar-refractivity contribution in [1.82, 2.24) is 9.80 Å². The number of unbranched alkanes of at least 4 members (excludes halogenated alkanes) is 1. The summed E-state index contributed by atoms with van der Waals surface area (Å²) in [5.41, 5.74) is 0. The minimum absolute atomic E-state index is 0.0268. The molecule has 0 saturated carbocycles. The van der Waals surface area contributed by atoms with Gasteiger partial charge in [0.25, 0.3) is 0 Å². The van der Waals surface area contributed by atoms with Crippen molar-refractivity contribution in [3.05, 3.63) is 0 Å². The molecule has 0 rings (SSSR count). The van der Waals surface area contributed by atoms with Crippen LogP contribution in [0.2, 0.25) is 0 Å². The smallest absolute Gasteiger partial charge is 0.469 e. The van der Waals surface area contributed by atoms with Crippen LogP contribution < -0.4 is 0 Å². The number of nitrogens with zero attached hydrogens (tertiary/aromatic N) is 2. The summed E-state index contributed by atoms with van der Waals surface area (Å²) in [5.74, 6) is -3.33. The largest absolute Gasteiger partial charge is 0.471 e. The van der Waals surface area contributed by atoms with E-state index >= 15 is 0 Å². The average Bonchev–Trinajstić information content (AvgIpc) is 2.51. The first-order chi connectivity index (χ1) is 10.7. The minimum atomic E-state index is -4.94. The maximum atomic E-state index is 12.7. The van der Waals surface area contributed by atoms with E-state index in [1.807, 2.05) is 13.8 Å². The lowest BCUT2D eigenvalue weighted by Gasteiger charge is -2.26. The number of hydrogen-bond donors (Lipinski definition) is 0. The van der Waals surface area contributed by atoms with E-state index in [1.165, 1.54) is 14.0 Å². The molecule has 1 atom stereocenters. The number of carbonyl (C=O) groups excluding carboxylic acids is 2. The summed E-state index contributed by atoms with van der Waals surface area (Å²) in [7, 11) is 1.17. The van der Waals surface area contributed by atoms with Gasteiger partial charge in [-0.15, -0.1) is 0 Å². The first-order valence-corrected chi connectivity index (χ1v) is 7.83. The molecule has 0 radical (unpaired) electrons. The number of hydrogen-bond acceptors (Lipinski definition) is 4. The van der Waals surface area contributed by atoms with Gasteiger partial charge in [-0.25, -0.2) is 0 Å². The van der Waals surface area contributed by atoms with Gasteiger partial charge in [0.15, 0.2) is 0 Å². The fourth-order valence-electron chi connectivity index (χ4n) is 2.24. The fourth-order valence-corrected chi connectivity index (χ4v) is 2.24. The molecule has 0 N–H and O–H groups in total. The predicted molar refractivity (Wildman–Crippen MR) is 80.8 cm³/mol. The van der Waals surface area contributed by atoms with E-state index in [0.29, 0.717) is 17.7 Å². The van der Waals surface area contributed by atoms with Crippen LogP contribution in [0.5, 0.6) is 0 Å². The van der Waals surface area contributed by atoms with Crippen LogP contribution in [-0.2, 0) is 14.3 Å². The number of rotatable bonds is 10. The monoisotopic (exact) mass is 340 g/mol. The first kappa shape index (κ1) is 21.7. The third kappa shape index (κ3) is 8.20. The molecular formula is C15H27F3N2O3. The summed E-state index contributed by atoms with van der Waals surface area (Å²) in [6.07, 6.45) is -3.79. The van der Waals surface area contributed by atoms with E-state index in [2.05, 4.69) is 9.64 Å². The molecule has 0 fully saturated rings. The molecule has 136 valence electrons. The minimum Gasteiger partial charge on any atom is -0.469 e. The molecule has 0 aliphatic heterocycles. The highest BCUT2D eigenvalue weighted by atomic mass is 19.4. The van der Waals surface area contributed by atoms with Gasteiger partial charge in [-0.2, -0.15) is 13.2 Å². The highest BCUT2D eigenvalue weighted by Crippen LogP contribution is 2.20. The lowest BCUT2D eigenvalue weighted by atomic mass is 10.1. The average molecular weight is 340 g/mol. The SMILES string of the molecule is CCN(CC)CCCCN(CC(C)C(=O)OC)C(=O)C(F)(F)F. The maximum absolute atomic E-state index is 12.7. The van der Waals surface area contributed by atoms with Gasteiger partial charge < -0.3 is 14.5 Å². The zero-order valence-corrected chi connectivity index (χ0v) is 14.3. The van der Waals surface area contributed by atoms with Crippen LogP contribution in [0.25, 0.3) is 0 Å². The van der Waals surface area contributed by atoms with Crippen molar-refractivity contribution in [3.63, 3.8) is 0 Å². The van der Waals surface area contributed by atoms with Crippen molar-refractivity contribution < 1.29 is 27.5 Å². The lowest BCUT2D eigenvalue weighted by molar-refractivity contribution is -0.186. The molecular weight excluding hydrogens is 313 g/mol. The fraction of sp³-hybridized carbons (Fsp3) is 0.867. The van der Waals surface area contributed by atoms with Crippen molar-refractivity contribution in [3.8, 4) is 0 Å². The van der Waals surface area contributed by atoms with Crippen LogP contribution in [0.4, 0.5) is 13.2 Å². The summed E-state index contributed by atoms with van der Waals surface area (Å²) < 4.78 is 42.5. The Morgan fingerprint density at radius 2 is 1.61 bits per heavy atom. The van der Waals surface area contributed by atoms with E-state index in [9.17, 15) is 22.8 Å². The second-order valence-corrected chi connectivity index (χ2v) is 5.41. The molecule has 0 aliphatic rings. The Balaban J connectivity index is 4.62. The Morgan fingerprint density at radius 1 is 1.09 bits per heavy atom. The second-order valence-electron chi connectivity index (χ2n) is 5.41. The van der Waals surface area contributed by atoms with Crippen LogP contribution in [0.3, 0.4) is 0 Å². The van der Waals surface area contributed by atoms with Gasteiger partial charge in [-0.1, -0.05) is 20.8 Å². The molecule has 0 saturated heterocycles. The molecule has 0 spiro atoms. The predicted octanol–water partition coefficient (Wildman–Crippen LogP) is 2.31. The number of alkyl halides is 3. The van der Waals surface area contributed by atoms with E-state index in [1.54, 1.807) is 0 Å². The van der Waals surface area contributed by atoms with Crippen LogP contribution in [-0.4, -0.2) is 67.7 Å². The van der Waals surface area contributed by atoms with Crippen molar-refractivity contribution in [2.75, 3.05) is 39.8 Å². The van der Waals surface area contributed by atoms with Crippen molar-refractivity contribution in [1.29, 1.82) is 0 Å². The molecule has 23 heavy (non-hydrogen) atoms. The highest BCUT2D eigenvalue weighted by Gasteiger charge is 2.42. The summed E-state index contributed by atoms with van der Waals surface area (Å²) in [6, 6.07) is 0. The van der Waals surface area contributed by atoms with Gasteiger partial charge >= 0.3 is 18.1 Å². The Labute approximate surface area is 135 Å². The molecule has 0 bridgehead atoms. The van der Waals surface area contributed by atoms with E-state index < -0.39 is 24.0 Å². The number of esters is 1. The highest BCUT2D eigenvalue weighted by molar-refractivity contribution is 5.82. The topological polar surface area (TPSA) is 49.9 Å². The number of carbonyl (C=O) groups is 2. The third-order valence-electron chi connectivity index (χ3n) is 3.67. The maximum Gasteiger partial charge on any atom is 0.471 e. The number of ether oxygens (including phenoxy) is 1. The van der Waals surface area contributed by atoms with E-state index in [4.69, 9.17) is 0 Å². The lowest BCUT2D eigenvalue weighted by Crippen LogP contribution is -2.45. The number of amides is 1. The summed E-state index contributed by atoms with van der Waals surface area (Å²) >= 11 is 0. The zero-order valence-electron chi connectivity index (χ0n) is 14.3. The molecule has 0 heterocycles. The first-order valence-electron chi connectivity index (χ1n) is 7.83. The summed E-state index contributed by atoms with van der Waals surface area (Å²) in [6.45, 7) is 7.67. The van der Waals surface area contributed by atoms with Crippen LogP contribution in [0, 0.1) is 5.92 Å². The Hall–Kier alpha value is -1.31. The molecule has 8 heteroatoms.